The number of benzene rings is 1. The molecule has 0 radical (unpaired) electrons. The van der Waals surface area contributed by atoms with Crippen LogP contribution in [0.25, 0.3) is 0 Å². The van der Waals surface area contributed by atoms with Crippen LogP contribution in [0.15, 0.2) is 52.5 Å². The third kappa shape index (κ3) is 4.69. The summed E-state index contributed by atoms with van der Waals surface area (Å²) in [5.41, 5.74) is -2.51. The summed E-state index contributed by atoms with van der Waals surface area (Å²) in [5, 5.41) is 15.8. The molecular formula is C19H16F3N3O4S. The van der Waals surface area contributed by atoms with Gasteiger partial charge in [-0.1, -0.05) is 0 Å². The zero-order chi connectivity index (χ0) is 21.9. The van der Waals surface area contributed by atoms with E-state index in [4.69, 9.17) is 4.42 Å². The molecule has 3 N–H and O–H groups in total. The summed E-state index contributed by atoms with van der Waals surface area (Å²) in [7, 11) is 0. The van der Waals surface area contributed by atoms with Crippen LogP contribution in [0.4, 0.5) is 24.5 Å². The molecule has 11 heteroatoms. The molecule has 2 amide bonds. The van der Waals surface area contributed by atoms with Crippen molar-refractivity contribution in [1.82, 2.24) is 4.98 Å². The first-order valence-corrected chi connectivity index (χ1v) is 9.43. The highest BCUT2D eigenvalue weighted by Crippen LogP contribution is 2.43. The van der Waals surface area contributed by atoms with Gasteiger partial charge in [0.2, 0.25) is 11.5 Å². The molecule has 1 unspecified atom stereocenters. The molecule has 1 atom stereocenters. The number of aliphatic hydroxyl groups is 1. The maximum Gasteiger partial charge on any atom is 0.424 e. The molecule has 0 bridgehead atoms. The standard InChI is InChI=1S/C19H16F3N3O4S/c1-11-10-30-17(23-11)18(28,19(20,21)22)9-15(26)24-12-4-6-13(7-5-12)25-16(27)14-3-2-8-29-14/h2-8,10,28H,9H2,1H3,(H,24,26)(H,25,27). The van der Waals surface area contributed by atoms with Gasteiger partial charge in [-0.15, -0.1) is 11.3 Å². The van der Waals surface area contributed by atoms with Gasteiger partial charge in [0.05, 0.1) is 12.7 Å². The highest BCUT2D eigenvalue weighted by atomic mass is 32.1. The first-order valence-electron chi connectivity index (χ1n) is 8.55. The lowest BCUT2D eigenvalue weighted by Gasteiger charge is -2.27. The number of hydrogen-bond acceptors (Lipinski definition) is 6. The highest BCUT2D eigenvalue weighted by molar-refractivity contribution is 7.09. The van der Waals surface area contributed by atoms with Crippen molar-refractivity contribution in [3.63, 3.8) is 0 Å². The van der Waals surface area contributed by atoms with Crippen LogP contribution in [0, 0.1) is 6.92 Å². The van der Waals surface area contributed by atoms with Crippen LogP contribution in [0.1, 0.15) is 27.7 Å². The predicted molar refractivity (Wildman–Crippen MR) is 103 cm³/mol. The number of carbonyl (C=O) groups is 2. The molecule has 1 aromatic carbocycles. The van der Waals surface area contributed by atoms with E-state index in [0.717, 1.165) is 0 Å². The number of furan rings is 1. The minimum Gasteiger partial charge on any atom is -0.459 e. The molecule has 0 saturated heterocycles. The van der Waals surface area contributed by atoms with Crippen molar-refractivity contribution < 1.29 is 32.3 Å². The minimum atomic E-state index is -5.09. The van der Waals surface area contributed by atoms with E-state index in [1.807, 2.05) is 0 Å². The summed E-state index contributed by atoms with van der Waals surface area (Å²) in [6, 6.07) is 8.75. The maximum atomic E-state index is 13.5. The summed E-state index contributed by atoms with van der Waals surface area (Å²) >= 11 is 0.629. The number of nitrogens with one attached hydrogen (secondary N) is 2. The van der Waals surface area contributed by atoms with Crippen LogP contribution in [0.3, 0.4) is 0 Å². The van der Waals surface area contributed by atoms with Crippen LogP contribution in [0.2, 0.25) is 0 Å². The van der Waals surface area contributed by atoms with Crippen molar-refractivity contribution in [3.8, 4) is 0 Å². The Morgan fingerprint density at radius 3 is 2.27 bits per heavy atom. The molecule has 7 nitrogen and oxygen atoms in total. The smallest absolute Gasteiger partial charge is 0.424 e. The molecule has 158 valence electrons. The summed E-state index contributed by atoms with van der Waals surface area (Å²) in [5.74, 6) is -1.42. The number of alkyl halides is 3. The van der Waals surface area contributed by atoms with Crippen molar-refractivity contribution in [2.75, 3.05) is 10.6 Å². The average molecular weight is 439 g/mol. The van der Waals surface area contributed by atoms with Gasteiger partial charge in [-0.05, 0) is 43.3 Å². The molecule has 3 aromatic rings. The molecule has 2 heterocycles. The van der Waals surface area contributed by atoms with Crippen molar-refractivity contribution >= 4 is 34.5 Å². The second-order valence-electron chi connectivity index (χ2n) is 6.39. The third-order valence-electron chi connectivity index (χ3n) is 4.03. The van der Waals surface area contributed by atoms with Gasteiger partial charge in [0.1, 0.15) is 5.01 Å². The summed E-state index contributed by atoms with van der Waals surface area (Å²) in [6.45, 7) is 1.49. The average Bonchev–Trinajstić information content (AvgIpc) is 3.34. The van der Waals surface area contributed by atoms with E-state index < -0.39 is 35.0 Å². The number of carbonyl (C=O) groups excluding carboxylic acids is 2. The van der Waals surface area contributed by atoms with Gasteiger partial charge in [0, 0.05) is 22.4 Å². The lowest BCUT2D eigenvalue weighted by Crippen LogP contribution is -2.45. The Bertz CT molecular complexity index is 1030. The summed E-state index contributed by atoms with van der Waals surface area (Å²) in [4.78, 5) is 27.8. The van der Waals surface area contributed by atoms with Crippen LogP contribution in [-0.2, 0) is 10.4 Å². The maximum absolute atomic E-state index is 13.5. The Morgan fingerprint density at radius 2 is 1.77 bits per heavy atom. The summed E-state index contributed by atoms with van der Waals surface area (Å²) in [6.07, 6.45) is -4.99. The van der Waals surface area contributed by atoms with Gasteiger partial charge >= 0.3 is 6.18 Å². The number of thiazole rings is 1. The van der Waals surface area contributed by atoms with Crippen molar-refractivity contribution in [3.05, 3.63) is 64.5 Å². The molecule has 30 heavy (non-hydrogen) atoms. The van der Waals surface area contributed by atoms with Gasteiger partial charge < -0.3 is 20.2 Å². The molecule has 0 aliphatic heterocycles. The van der Waals surface area contributed by atoms with Crippen LogP contribution >= 0.6 is 11.3 Å². The van der Waals surface area contributed by atoms with E-state index in [-0.39, 0.29) is 11.4 Å². The number of aryl methyl sites for hydroxylation is 1. The largest absolute Gasteiger partial charge is 0.459 e. The minimum absolute atomic E-state index is 0.108. The fraction of sp³-hybridized carbons (Fsp3) is 0.211. The molecule has 2 aromatic heterocycles. The van der Waals surface area contributed by atoms with E-state index >= 15 is 0 Å². The zero-order valence-corrected chi connectivity index (χ0v) is 16.3. The normalized spacial score (nSPS) is 13.5. The molecule has 0 saturated carbocycles. The fourth-order valence-electron chi connectivity index (χ4n) is 2.52. The fourth-order valence-corrected chi connectivity index (χ4v) is 3.43. The Kier molecular flexibility index (Phi) is 5.94. The van der Waals surface area contributed by atoms with Gasteiger partial charge in [-0.3, -0.25) is 9.59 Å². The van der Waals surface area contributed by atoms with Crippen LogP contribution in [0.5, 0.6) is 0 Å². The number of nitrogens with zero attached hydrogens (tertiary/aromatic N) is 1. The van der Waals surface area contributed by atoms with Crippen molar-refractivity contribution in [1.29, 1.82) is 0 Å². The van der Waals surface area contributed by atoms with E-state index in [9.17, 15) is 27.9 Å². The van der Waals surface area contributed by atoms with Crippen LogP contribution < -0.4 is 10.6 Å². The quantitative estimate of drug-likeness (QED) is 0.537. The number of amides is 2. The number of aromatic nitrogens is 1. The molecule has 0 spiro atoms. The van der Waals surface area contributed by atoms with E-state index in [2.05, 4.69) is 15.6 Å². The molecular weight excluding hydrogens is 423 g/mol. The SMILES string of the molecule is Cc1csc(C(O)(CC(=O)Nc2ccc(NC(=O)c3ccco3)cc2)C(F)(F)F)n1. The first kappa shape index (κ1) is 21.5. The van der Waals surface area contributed by atoms with Gasteiger partial charge in [0.25, 0.3) is 5.91 Å². The Hall–Kier alpha value is -3.18. The molecule has 0 fully saturated rings. The second-order valence-corrected chi connectivity index (χ2v) is 7.24. The van der Waals surface area contributed by atoms with Gasteiger partial charge in [-0.2, -0.15) is 13.2 Å². The predicted octanol–water partition coefficient (Wildman–Crippen LogP) is 4.08. The number of anilines is 2. The monoisotopic (exact) mass is 439 g/mol. The van der Waals surface area contributed by atoms with E-state index in [1.165, 1.54) is 48.9 Å². The summed E-state index contributed by atoms with van der Waals surface area (Å²) < 4.78 is 45.4. The van der Waals surface area contributed by atoms with Gasteiger partial charge in [-0.25, -0.2) is 4.98 Å². The van der Waals surface area contributed by atoms with Crippen LogP contribution in [-0.4, -0.2) is 28.1 Å². The molecule has 0 aliphatic carbocycles. The van der Waals surface area contributed by atoms with Gasteiger partial charge in [0.15, 0.2) is 5.76 Å². The first-order chi connectivity index (χ1) is 14.1. The zero-order valence-electron chi connectivity index (χ0n) is 15.5. The number of hydrogen-bond donors (Lipinski definition) is 3. The molecule has 0 aliphatic rings. The van der Waals surface area contributed by atoms with Crippen molar-refractivity contribution in [2.24, 2.45) is 0 Å². The van der Waals surface area contributed by atoms with E-state index in [0.29, 0.717) is 22.7 Å². The lowest BCUT2D eigenvalue weighted by atomic mass is 9.99. The molecule has 3 rings (SSSR count). The Labute approximate surface area is 172 Å². The second kappa shape index (κ2) is 8.28. The highest BCUT2D eigenvalue weighted by Gasteiger charge is 2.58. The topological polar surface area (TPSA) is 104 Å². The lowest BCUT2D eigenvalue weighted by molar-refractivity contribution is -0.266. The number of rotatable bonds is 6. The van der Waals surface area contributed by atoms with Crippen molar-refractivity contribution in [2.45, 2.75) is 25.1 Å². The Balaban J connectivity index is 1.67. The third-order valence-corrected chi connectivity index (χ3v) is 5.14. The Morgan fingerprint density at radius 1 is 1.13 bits per heavy atom. The number of halogens is 3. The van der Waals surface area contributed by atoms with E-state index in [1.54, 1.807) is 6.07 Å².